The number of hydrogen-bond donors (Lipinski definition) is 5. The number of hydrogen-bond acceptors (Lipinski definition) is 9. The maximum absolute atomic E-state index is 10.6. The van der Waals surface area contributed by atoms with Gasteiger partial charge in [-0.25, -0.2) is 9.97 Å². The van der Waals surface area contributed by atoms with E-state index >= 15 is 0 Å². The Kier molecular flexibility index (Phi) is 19.2. The Morgan fingerprint density at radius 3 is 1.40 bits per heavy atom. The van der Waals surface area contributed by atoms with Gasteiger partial charge in [0.25, 0.3) is 0 Å². The molecule has 0 saturated carbocycles. The number of anilines is 2. The van der Waals surface area contributed by atoms with E-state index < -0.39 is 11.9 Å². The number of aliphatic carboxylic acids is 2. The lowest BCUT2D eigenvalue weighted by atomic mass is 10.2. The highest BCUT2D eigenvalue weighted by molar-refractivity contribution is 6.18. The van der Waals surface area contributed by atoms with E-state index in [1.54, 1.807) is 0 Å². The van der Waals surface area contributed by atoms with Gasteiger partial charge in [-0.2, -0.15) is 0 Å². The number of nitrogens with zero attached hydrogens (tertiary/aromatic N) is 6. The summed E-state index contributed by atoms with van der Waals surface area (Å²) in [4.78, 5) is 34.4. The van der Waals surface area contributed by atoms with Crippen molar-refractivity contribution in [1.82, 2.24) is 19.1 Å². The topological polar surface area (TPSA) is 177 Å². The van der Waals surface area contributed by atoms with Crippen LogP contribution in [0.1, 0.15) is 37.3 Å². The Labute approximate surface area is 297 Å². The number of carbonyl (C=O) groups is 2. The van der Waals surface area contributed by atoms with Gasteiger partial charge in [0.1, 0.15) is 11.6 Å². The van der Waals surface area contributed by atoms with E-state index in [2.05, 4.69) is 9.97 Å². The van der Waals surface area contributed by atoms with Gasteiger partial charge in [-0.1, -0.05) is 0 Å². The van der Waals surface area contributed by atoms with E-state index in [1.165, 1.54) is 0 Å². The molecule has 0 spiro atoms. The fraction of sp³-hybridized carbons (Fsp3) is 0.500. The maximum Gasteiger partial charge on any atom is 0.303 e. The summed E-state index contributed by atoms with van der Waals surface area (Å²) in [5.74, 6) is 0.640. The number of aromatic nitrogens is 4. The molecule has 0 fully saturated rings. The lowest BCUT2D eigenvalue weighted by Crippen LogP contribution is -2.29. The Hall–Kier alpha value is -3.33. The van der Waals surface area contributed by atoms with E-state index in [4.69, 9.17) is 32.0 Å². The summed E-state index contributed by atoms with van der Waals surface area (Å²) in [5.41, 5.74) is 5.56. The zero-order valence-electron chi connectivity index (χ0n) is 27.3. The number of carboxylic acids is 2. The zero-order valence-corrected chi connectivity index (χ0v) is 29.7. The number of aliphatic hydroxyl groups is 3. The van der Waals surface area contributed by atoms with Crippen LogP contribution in [-0.4, -0.2) is 108 Å². The number of benzene rings is 2. The predicted octanol–water partition coefficient (Wildman–Crippen LogP) is 3.63. The summed E-state index contributed by atoms with van der Waals surface area (Å²) in [6.07, 6.45) is 2.66. The summed E-state index contributed by atoms with van der Waals surface area (Å²) >= 11 is 5.82. The van der Waals surface area contributed by atoms with Crippen LogP contribution in [0.5, 0.6) is 0 Å². The minimum atomic E-state index is -0.797. The van der Waals surface area contributed by atoms with Gasteiger partial charge < -0.3 is 44.5 Å². The molecule has 268 valence electrons. The van der Waals surface area contributed by atoms with Crippen molar-refractivity contribution in [3.8, 4) is 0 Å². The molecular weight excluding hydrogens is 687 g/mol. The first-order valence-electron chi connectivity index (χ1n) is 15.4. The fourth-order valence-corrected chi connectivity index (χ4v) is 5.52. The van der Waals surface area contributed by atoms with E-state index in [0.717, 1.165) is 45.1 Å². The Morgan fingerprint density at radius 2 is 1.06 bits per heavy atom. The number of halogens is 3. The van der Waals surface area contributed by atoms with Crippen LogP contribution >= 0.6 is 36.4 Å². The van der Waals surface area contributed by atoms with Gasteiger partial charge in [0, 0.05) is 83.2 Å². The van der Waals surface area contributed by atoms with Crippen molar-refractivity contribution < 1.29 is 35.1 Å². The molecule has 13 nitrogen and oxygen atoms in total. The molecule has 0 bridgehead atoms. The number of alkyl halides is 1. The van der Waals surface area contributed by atoms with Crippen LogP contribution < -0.4 is 9.80 Å². The van der Waals surface area contributed by atoms with Crippen molar-refractivity contribution in [3.63, 3.8) is 0 Å². The second-order valence-corrected chi connectivity index (χ2v) is 11.2. The minimum Gasteiger partial charge on any atom is -0.481 e. The number of rotatable bonds is 18. The highest BCUT2D eigenvalue weighted by Gasteiger charge is 2.13. The van der Waals surface area contributed by atoms with E-state index in [-0.39, 0.29) is 57.5 Å². The van der Waals surface area contributed by atoms with Gasteiger partial charge in [0.05, 0.1) is 41.9 Å². The first-order valence-corrected chi connectivity index (χ1v) is 15.9. The molecule has 48 heavy (non-hydrogen) atoms. The van der Waals surface area contributed by atoms with E-state index in [0.29, 0.717) is 57.7 Å². The Balaban J connectivity index is 0.000000461. The molecule has 16 heteroatoms. The number of carboxylic acid groups (broad SMARTS) is 2. The quantitative estimate of drug-likeness (QED) is 0.0944. The molecule has 0 aliphatic rings. The Bertz CT molecular complexity index is 1450. The molecule has 4 aromatic rings. The molecule has 5 N–H and O–H groups in total. The highest BCUT2D eigenvalue weighted by atomic mass is 35.5. The normalized spacial score (nSPS) is 10.6. The summed E-state index contributed by atoms with van der Waals surface area (Å²) in [6.45, 7) is 2.18. The summed E-state index contributed by atoms with van der Waals surface area (Å²) in [5, 5.41) is 44.9. The summed E-state index contributed by atoms with van der Waals surface area (Å²) < 4.78 is 3.97. The lowest BCUT2D eigenvalue weighted by molar-refractivity contribution is -0.138. The van der Waals surface area contributed by atoms with Crippen molar-refractivity contribution in [2.45, 2.75) is 38.5 Å². The van der Waals surface area contributed by atoms with Crippen LogP contribution in [0, 0.1) is 0 Å². The van der Waals surface area contributed by atoms with Gasteiger partial charge in [-0.3, -0.25) is 9.59 Å². The predicted molar refractivity (Wildman–Crippen MR) is 193 cm³/mol. The van der Waals surface area contributed by atoms with E-state index in [1.807, 2.05) is 69.4 Å². The summed E-state index contributed by atoms with van der Waals surface area (Å²) in [6, 6.07) is 11.8. The second kappa shape index (κ2) is 21.6. The third-order valence-electron chi connectivity index (χ3n) is 7.69. The summed E-state index contributed by atoms with van der Waals surface area (Å²) in [7, 11) is 3.86. The fourth-order valence-electron chi connectivity index (χ4n) is 5.32. The smallest absolute Gasteiger partial charge is 0.303 e. The van der Waals surface area contributed by atoms with Crippen molar-refractivity contribution in [3.05, 3.63) is 48.0 Å². The molecule has 0 amide bonds. The largest absolute Gasteiger partial charge is 0.481 e. The van der Waals surface area contributed by atoms with Crippen LogP contribution in [-0.2, 0) is 36.5 Å². The molecule has 0 aliphatic heterocycles. The van der Waals surface area contributed by atoms with E-state index in [9.17, 15) is 14.7 Å². The maximum atomic E-state index is 10.6. The van der Waals surface area contributed by atoms with Crippen LogP contribution in [0.25, 0.3) is 22.1 Å². The van der Waals surface area contributed by atoms with Crippen LogP contribution in [0.3, 0.4) is 0 Å². The number of fused-ring (bicyclic) bond motifs is 2. The van der Waals surface area contributed by atoms with Gasteiger partial charge >= 0.3 is 11.9 Å². The minimum absolute atomic E-state index is 0. The third-order valence-corrected chi connectivity index (χ3v) is 7.86. The average Bonchev–Trinajstić information content (AvgIpc) is 3.51. The molecule has 0 unspecified atom stereocenters. The van der Waals surface area contributed by atoms with Gasteiger partial charge in [-0.05, 0) is 49.2 Å². The molecule has 2 aromatic carbocycles. The standard InChI is InChI=1S/C16H22ClN3O3.C16H23N3O4.2ClH/c1-19-14-6-5-12(20(8-7-17)9-10-21)11-13(14)18-15(19)3-2-4-16(22)23;1-18-14-6-5-12(19(7-9-20)8-10-21)11-13(14)17-15(18)3-2-4-16(22)23;;/h5-6,11,21H,2-4,7-10H2,1H3,(H,22,23);5-6,11,20-21H,2-4,7-10H2,1H3,(H,22,23);2*1H. The molecule has 0 saturated heterocycles. The molecule has 0 aliphatic carbocycles. The first kappa shape index (κ1) is 42.7. The molecule has 4 rings (SSSR count). The number of aliphatic hydroxyl groups excluding tert-OH is 3. The number of imidazole rings is 2. The average molecular weight is 734 g/mol. The molecule has 2 aromatic heterocycles. The van der Waals surface area contributed by atoms with Crippen molar-refractivity contribution >= 4 is 81.8 Å². The first-order chi connectivity index (χ1) is 22.1. The molecule has 0 radical (unpaired) electrons. The van der Waals surface area contributed by atoms with Crippen LogP contribution in [0.15, 0.2) is 36.4 Å². The zero-order chi connectivity index (χ0) is 33.6. The SMILES string of the molecule is Cl.Cl.Cn1c(CCCC(=O)O)nc2cc(N(CCO)CCCl)ccc21.Cn1c(CCCC(=O)O)nc2cc(N(CCO)CCO)ccc21. The van der Waals surface area contributed by atoms with Crippen LogP contribution in [0.4, 0.5) is 11.4 Å². The van der Waals surface area contributed by atoms with Gasteiger partial charge in [-0.15, -0.1) is 36.4 Å². The van der Waals surface area contributed by atoms with Gasteiger partial charge in [0.2, 0.25) is 0 Å². The van der Waals surface area contributed by atoms with Crippen molar-refractivity contribution in [2.75, 3.05) is 61.7 Å². The molecule has 2 heterocycles. The molecular formula is C32H47Cl3N6O7. The highest BCUT2D eigenvalue weighted by Crippen LogP contribution is 2.24. The third kappa shape index (κ3) is 12.0. The Morgan fingerprint density at radius 1 is 0.688 bits per heavy atom. The monoisotopic (exact) mass is 732 g/mol. The second-order valence-electron chi connectivity index (χ2n) is 10.8. The van der Waals surface area contributed by atoms with Crippen LogP contribution in [0.2, 0.25) is 0 Å². The molecule has 0 atom stereocenters. The number of aryl methyl sites for hydroxylation is 4. The van der Waals surface area contributed by atoms with Gasteiger partial charge in [0.15, 0.2) is 0 Å². The van der Waals surface area contributed by atoms with Crippen molar-refractivity contribution in [1.29, 1.82) is 0 Å². The van der Waals surface area contributed by atoms with Crippen molar-refractivity contribution in [2.24, 2.45) is 14.1 Å². The lowest BCUT2D eigenvalue weighted by Gasteiger charge is -2.22.